The summed E-state index contributed by atoms with van der Waals surface area (Å²) >= 11 is 5.96. The van der Waals surface area contributed by atoms with Gasteiger partial charge in [0.2, 0.25) is 0 Å². The number of rotatable bonds is 3. The molecule has 2 rings (SSSR count). The Hall–Kier alpha value is -0.580. The highest BCUT2D eigenvalue weighted by Gasteiger charge is 2.24. The first-order chi connectivity index (χ1) is 8.46. The van der Waals surface area contributed by atoms with Crippen molar-refractivity contribution in [1.29, 1.82) is 0 Å². The minimum absolute atomic E-state index is 0.189. The van der Waals surface area contributed by atoms with E-state index < -0.39 is 9.84 Å². The van der Waals surface area contributed by atoms with Gasteiger partial charge in [-0.1, -0.05) is 23.7 Å². The number of hydrogen-bond acceptors (Lipinski definition) is 3. The van der Waals surface area contributed by atoms with E-state index in [0.29, 0.717) is 24.3 Å². The molecule has 1 N–H and O–H groups in total. The predicted octanol–water partition coefficient (Wildman–Crippen LogP) is 2.57. The van der Waals surface area contributed by atoms with Crippen LogP contribution in [-0.4, -0.2) is 26.0 Å². The zero-order valence-corrected chi connectivity index (χ0v) is 12.0. The van der Waals surface area contributed by atoms with Crippen molar-refractivity contribution in [2.75, 3.05) is 11.5 Å². The van der Waals surface area contributed by atoms with Gasteiger partial charge in [-0.3, -0.25) is 0 Å². The van der Waals surface area contributed by atoms with Crippen LogP contribution in [0.5, 0.6) is 0 Å². The molecule has 1 heterocycles. The van der Waals surface area contributed by atoms with Crippen molar-refractivity contribution in [3.63, 3.8) is 0 Å². The molecule has 0 radical (unpaired) electrons. The van der Waals surface area contributed by atoms with Gasteiger partial charge in [0.1, 0.15) is 9.84 Å². The molecule has 3 nitrogen and oxygen atoms in total. The lowest BCUT2D eigenvalue weighted by molar-refractivity contribution is 0.420. The summed E-state index contributed by atoms with van der Waals surface area (Å²) in [6, 6.07) is 8.23. The third kappa shape index (κ3) is 3.70. The Morgan fingerprint density at radius 1 is 1.33 bits per heavy atom. The highest BCUT2D eigenvalue weighted by Crippen LogP contribution is 2.20. The number of hydrogen-bond donors (Lipinski definition) is 1. The van der Waals surface area contributed by atoms with Crippen LogP contribution >= 0.6 is 11.6 Å². The van der Waals surface area contributed by atoms with Gasteiger partial charge in [-0.25, -0.2) is 8.42 Å². The Labute approximate surface area is 113 Å². The van der Waals surface area contributed by atoms with Crippen molar-refractivity contribution in [1.82, 2.24) is 5.32 Å². The molecule has 0 amide bonds. The highest BCUT2D eigenvalue weighted by molar-refractivity contribution is 7.91. The van der Waals surface area contributed by atoms with Crippen LogP contribution in [0.3, 0.4) is 0 Å². The van der Waals surface area contributed by atoms with Crippen LogP contribution in [0, 0.1) is 0 Å². The molecule has 0 bridgehead atoms. The van der Waals surface area contributed by atoms with E-state index in [0.717, 1.165) is 10.6 Å². The third-order valence-corrected chi connectivity index (χ3v) is 5.34. The molecule has 1 aromatic rings. The molecule has 0 aromatic heterocycles. The summed E-state index contributed by atoms with van der Waals surface area (Å²) in [7, 11) is -2.78. The fraction of sp³-hybridized carbons (Fsp3) is 0.538. The van der Waals surface area contributed by atoms with E-state index in [9.17, 15) is 8.42 Å². The van der Waals surface area contributed by atoms with Crippen LogP contribution in [0.1, 0.15) is 31.4 Å². The van der Waals surface area contributed by atoms with Crippen molar-refractivity contribution < 1.29 is 8.42 Å². The summed E-state index contributed by atoms with van der Waals surface area (Å²) in [6.07, 6.45) is 1.40. The van der Waals surface area contributed by atoms with Crippen LogP contribution in [0.25, 0.3) is 0 Å². The largest absolute Gasteiger partial charge is 0.307 e. The van der Waals surface area contributed by atoms with Gasteiger partial charge >= 0.3 is 0 Å². The van der Waals surface area contributed by atoms with Crippen molar-refractivity contribution in [3.05, 3.63) is 34.9 Å². The normalized spacial score (nSPS) is 21.7. The maximum atomic E-state index is 11.4. The summed E-state index contributed by atoms with van der Waals surface area (Å²) in [5, 5.41) is 4.21. The molecule has 0 saturated carbocycles. The van der Waals surface area contributed by atoms with Gasteiger partial charge in [-0.05, 0) is 37.5 Å². The Morgan fingerprint density at radius 3 is 2.61 bits per heavy atom. The molecule has 18 heavy (non-hydrogen) atoms. The van der Waals surface area contributed by atoms with Gasteiger partial charge in [-0.2, -0.15) is 0 Å². The van der Waals surface area contributed by atoms with E-state index in [1.165, 1.54) is 0 Å². The lowest BCUT2D eigenvalue weighted by Crippen LogP contribution is -2.38. The lowest BCUT2D eigenvalue weighted by atomic mass is 10.1. The third-order valence-electron chi connectivity index (χ3n) is 3.39. The Kier molecular flexibility index (Phi) is 4.30. The van der Waals surface area contributed by atoms with Crippen molar-refractivity contribution in [2.24, 2.45) is 0 Å². The topological polar surface area (TPSA) is 46.2 Å². The van der Waals surface area contributed by atoms with E-state index in [1.807, 2.05) is 24.3 Å². The molecule has 1 aliphatic heterocycles. The molecule has 0 aliphatic carbocycles. The van der Waals surface area contributed by atoms with Crippen LogP contribution in [0.2, 0.25) is 5.02 Å². The average molecular weight is 288 g/mol. The molecule has 100 valence electrons. The molecule has 1 fully saturated rings. The zero-order valence-electron chi connectivity index (χ0n) is 10.4. The molecule has 1 aliphatic rings. The molecule has 1 saturated heterocycles. The van der Waals surface area contributed by atoms with Crippen LogP contribution in [0.15, 0.2) is 24.3 Å². The summed E-state index contributed by atoms with van der Waals surface area (Å²) in [4.78, 5) is 0. The summed E-state index contributed by atoms with van der Waals surface area (Å²) in [5.41, 5.74) is 1.14. The van der Waals surface area contributed by atoms with Gasteiger partial charge in [0.15, 0.2) is 0 Å². The van der Waals surface area contributed by atoms with E-state index in [1.54, 1.807) is 0 Å². The van der Waals surface area contributed by atoms with Crippen molar-refractivity contribution in [3.8, 4) is 0 Å². The first kappa shape index (κ1) is 13.8. The van der Waals surface area contributed by atoms with Crippen LogP contribution in [-0.2, 0) is 9.84 Å². The van der Waals surface area contributed by atoms with Gasteiger partial charge in [-0.15, -0.1) is 0 Å². The first-order valence-corrected chi connectivity index (χ1v) is 8.38. The first-order valence-electron chi connectivity index (χ1n) is 6.18. The minimum Gasteiger partial charge on any atom is -0.307 e. The Bertz CT molecular complexity index is 501. The maximum absolute atomic E-state index is 11.4. The zero-order chi connectivity index (χ0) is 13.2. The van der Waals surface area contributed by atoms with E-state index in [2.05, 4.69) is 12.2 Å². The molecular formula is C13H18ClNO2S. The molecule has 0 spiro atoms. The number of sulfone groups is 1. The van der Waals surface area contributed by atoms with Crippen LogP contribution < -0.4 is 5.32 Å². The van der Waals surface area contributed by atoms with Gasteiger partial charge in [0, 0.05) is 17.1 Å². The summed E-state index contributed by atoms with van der Waals surface area (Å²) < 4.78 is 22.7. The van der Waals surface area contributed by atoms with Crippen molar-refractivity contribution >= 4 is 21.4 Å². The fourth-order valence-electron chi connectivity index (χ4n) is 2.28. The summed E-state index contributed by atoms with van der Waals surface area (Å²) in [5.74, 6) is 0.597. The van der Waals surface area contributed by atoms with Crippen molar-refractivity contribution in [2.45, 2.75) is 31.8 Å². The number of nitrogens with one attached hydrogen (secondary N) is 1. The lowest BCUT2D eigenvalue weighted by Gasteiger charge is -2.27. The second-order valence-corrected chi connectivity index (χ2v) is 7.61. The van der Waals surface area contributed by atoms with Crippen LogP contribution in [0.4, 0.5) is 0 Å². The predicted molar refractivity (Wildman–Crippen MR) is 74.7 cm³/mol. The minimum atomic E-state index is -2.78. The molecular weight excluding hydrogens is 270 g/mol. The van der Waals surface area contributed by atoms with Gasteiger partial charge in [0.05, 0.1) is 11.5 Å². The SMILES string of the molecule is C[C@@H](NC1CCS(=O)(=O)CC1)c1cccc(Cl)c1. The number of halogens is 1. The van der Waals surface area contributed by atoms with E-state index >= 15 is 0 Å². The smallest absolute Gasteiger partial charge is 0.150 e. The standard InChI is InChI=1S/C13H18ClNO2S/c1-10(11-3-2-4-12(14)9-11)15-13-5-7-18(16,17)8-6-13/h2-4,9-10,13,15H,5-8H2,1H3/t10-/m1/s1. The second-order valence-electron chi connectivity index (χ2n) is 4.87. The molecule has 0 unspecified atom stereocenters. The number of benzene rings is 1. The Morgan fingerprint density at radius 2 is 2.00 bits per heavy atom. The fourth-order valence-corrected chi connectivity index (χ4v) is 3.97. The molecule has 5 heteroatoms. The molecule has 1 atom stereocenters. The molecule has 1 aromatic carbocycles. The second kappa shape index (κ2) is 5.59. The summed E-state index contributed by atoms with van der Waals surface area (Å²) in [6.45, 7) is 2.08. The quantitative estimate of drug-likeness (QED) is 0.929. The van der Waals surface area contributed by atoms with Gasteiger partial charge < -0.3 is 5.32 Å². The van der Waals surface area contributed by atoms with Gasteiger partial charge in [0.25, 0.3) is 0 Å². The monoisotopic (exact) mass is 287 g/mol. The van der Waals surface area contributed by atoms with E-state index in [-0.39, 0.29) is 12.1 Å². The average Bonchev–Trinajstić information content (AvgIpc) is 2.32. The maximum Gasteiger partial charge on any atom is 0.150 e. The van der Waals surface area contributed by atoms with E-state index in [4.69, 9.17) is 11.6 Å². The Balaban J connectivity index is 1.94. The highest BCUT2D eigenvalue weighted by atomic mass is 35.5.